The third kappa shape index (κ3) is 3.21. The summed E-state index contributed by atoms with van der Waals surface area (Å²) in [4.78, 5) is 12.1. The van der Waals surface area contributed by atoms with Gasteiger partial charge in [-0.15, -0.1) is 0 Å². The molecule has 0 radical (unpaired) electrons. The van der Waals surface area contributed by atoms with Crippen molar-refractivity contribution >= 4 is 56.4 Å². The molecule has 2 rings (SSSR count). The lowest BCUT2D eigenvalue weighted by atomic mass is 10.2. The first-order valence-corrected chi connectivity index (χ1v) is 6.84. The Balaban J connectivity index is 2.31. The maximum atomic E-state index is 12.1. The number of nitrogens with two attached hydrogens (primary N) is 1. The number of amides is 1. The largest absolute Gasteiger partial charge is 0.399 e. The molecular weight excluding hydrogens is 351 g/mol. The summed E-state index contributed by atoms with van der Waals surface area (Å²) in [7, 11) is 0. The number of carbonyl (C=O) groups excluding carboxylic acids is 1. The van der Waals surface area contributed by atoms with Crippen molar-refractivity contribution in [3.8, 4) is 0 Å². The third-order valence-electron chi connectivity index (χ3n) is 2.43. The van der Waals surface area contributed by atoms with Crippen molar-refractivity contribution in [2.45, 2.75) is 0 Å². The van der Waals surface area contributed by atoms with Crippen molar-refractivity contribution in [2.75, 3.05) is 11.1 Å². The highest BCUT2D eigenvalue weighted by molar-refractivity contribution is 9.10. The molecule has 0 aliphatic heterocycles. The first-order valence-electron chi connectivity index (χ1n) is 5.29. The molecule has 0 atom stereocenters. The summed E-state index contributed by atoms with van der Waals surface area (Å²) >= 11 is 15.2. The first-order chi connectivity index (χ1) is 8.99. The van der Waals surface area contributed by atoms with E-state index >= 15 is 0 Å². The van der Waals surface area contributed by atoms with E-state index < -0.39 is 0 Å². The minimum Gasteiger partial charge on any atom is -0.399 e. The zero-order chi connectivity index (χ0) is 14.0. The molecule has 0 spiro atoms. The minimum atomic E-state index is -0.348. The van der Waals surface area contributed by atoms with E-state index in [4.69, 9.17) is 28.9 Å². The molecule has 0 unspecified atom stereocenters. The Bertz CT molecular complexity index is 647. The Morgan fingerprint density at radius 2 is 1.95 bits per heavy atom. The third-order valence-corrected chi connectivity index (χ3v) is 3.95. The maximum absolute atomic E-state index is 12.1. The summed E-state index contributed by atoms with van der Waals surface area (Å²) in [5.74, 6) is -0.348. The van der Waals surface area contributed by atoms with Crippen LogP contribution in [0.25, 0.3) is 0 Å². The number of hydrogen-bond acceptors (Lipinski definition) is 2. The Labute approximate surface area is 128 Å². The summed E-state index contributed by atoms with van der Waals surface area (Å²) in [5, 5.41) is 3.28. The number of anilines is 2. The van der Waals surface area contributed by atoms with Gasteiger partial charge in [0.2, 0.25) is 0 Å². The average Bonchev–Trinajstić information content (AvgIpc) is 2.37. The fourth-order valence-electron chi connectivity index (χ4n) is 1.51. The summed E-state index contributed by atoms with van der Waals surface area (Å²) < 4.78 is 0.730. The predicted octanol–water partition coefficient (Wildman–Crippen LogP) is 4.59. The van der Waals surface area contributed by atoms with E-state index in [0.29, 0.717) is 22.0 Å². The van der Waals surface area contributed by atoms with Gasteiger partial charge in [-0.2, -0.15) is 0 Å². The Kier molecular flexibility index (Phi) is 4.34. The van der Waals surface area contributed by atoms with Crippen LogP contribution in [0.1, 0.15) is 10.4 Å². The monoisotopic (exact) mass is 358 g/mol. The molecule has 0 saturated heterocycles. The van der Waals surface area contributed by atoms with Crippen LogP contribution in [0.5, 0.6) is 0 Å². The van der Waals surface area contributed by atoms with Crippen LogP contribution in [0, 0.1) is 0 Å². The second-order valence-electron chi connectivity index (χ2n) is 3.79. The fraction of sp³-hybridized carbons (Fsp3) is 0. The minimum absolute atomic E-state index is 0.224. The SMILES string of the molecule is Nc1ccc(Br)c(NC(=O)c2cccc(Cl)c2Cl)c1. The highest BCUT2D eigenvalue weighted by atomic mass is 79.9. The first kappa shape index (κ1) is 14.2. The number of nitrogen functional groups attached to an aromatic ring is 1. The lowest BCUT2D eigenvalue weighted by Crippen LogP contribution is -2.13. The van der Waals surface area contributed by atoms with E-state index in [0.717, 1.165) is 4.47 Å². The molecule has 2 aromatic rings. The van der Waals surface area contributed by atoms with E-state index in [9.17, 15) is 4.79 Å². The van der Waals surface area contributed by atoms with Crippen molar-refractivity contribution < 1.29 is 4.79 Å². The van der Waals surface area contributed by atoms with Crippen LogP contribution in [0.2, 0.25) is 10.0 Å². The number of benzene rings is 2. The molecular formula is C13H9BrCl2N2O. The Hall–Kier alpha value is -1.23. The molecule has 0 saturated carbocycles. The summed E-state index contributed by atoms with van der Waals surface area (Å²) in [6.07, 6.45) is 0. The standard InChI is InChI=1S/C13H9BrCl2N2O/c14-9-5-4-7(17)6-11(9)18-13(19)8-2-1-3-10(15)12(8)16/h1-6H,17H2,(H,18,19). The van der Waals surface area contributed by atoms with Crippen molar-refractivity contribution in [3.63, 3.8) is 0 Å². The van der Waals surface area contributed by atoms with Crippen LogP contribution in [-0.2, 0) is 0 Å². The molecule has 0 bridgehead atoms. The molecule has 0 heterocycles. The lowest BCUT2D eigenvalue weighted by Gasteiger charge is -2.09. The average molecular weight is 360 g/mol. The quantitative estimate of drug-likeness (QED) is 0.770. The molecule has 0 fully saturated rings. The van der Waals surface area contributed by atoms with Gasteiger partial charge in [-0.3, -0.25) is 4.79 Å². The fourth-order valence-corrected chi connectivity index (χ4v) is 2.24. The van der Waals surface area contributed by atoms with Gasteiger partial charge in [-0.25, -0.2) is 0 Å². The van der Waals surface area contributed by atoms with Crippen molar-refractivity contribution in [1.82, 2.24) is 0 Å². The van der Waals surface area contributed by atoms with Gasteiger partial charge in [-0.1, -0.05) is 29.3 Å². The zero-order valence-corrected chi connectivity index (χ0v) is 12.7. The highest BCUT2D eigenvalue weighted by Gasteiger charge is 2.13. The van der Waals surface area contributed by atoms with Gasteiger partial charge in [0.05, 0.1) is 21.3 Å². The van der Waals surface area contributed by atoms with Gasteiger partial charge in [0, 0.05) is 10.2 Å². The van der Waals surface area contributed by atoms with E-state index in [-0.39, 0.29) is 10.9 Å². The molecule has 0 aliphatic carbocycles. The molecule has 3 N–H and O–H groups in total. The van der Waals surface area contributed by atoms with Crippen molar-refractivity contribution in [3.05, 3.63) is 56.5 Å². The number of carbonyl (C=O) groups is 1. The number of hydrogen-bond donors (Lipinski definition) is 2. The maximum Gasteiger partial charge on any atom is 0.257 e. The van der Waals surface area contributed by atoms with Crippen molar-refractivity contribution in [1.29, 1.82) is 0 Å². The molecule has 2 aromatic carbocycles. The molecule has 19 heavy (non-hydrogen) atoms. The normalized spacial score (nSPS) is 10.3. The van der Waals surface area contributed by atoms with E-state index in [1.165, 1.54) is 0 Å². The topological polar surface area (TPSA) is 55.1 Å². The van der Waals surface area contributed by atoms with Gasteiger partial charge in [0.1, 0.15) is 0 Å². The van der Waals surface area contributed by atoms with Gasteiger partial charge in [0.25, 0.3) is 5.91 Å². The summed E-state index contributed by atoms with van der Waals surface area (Å²) in [5.41, 5.74) is 7.11. The van der Waals surface area contributed by atoms with E-state index in [2.05, 4.69) is 21.2 Å². The van der Waals surface area contributed by atoms with Crippen LogP contribution < -0.4 is 11.1 Å². The summed E-state index contributed by atoms with van der Waals surface area (Å²) in [6.45, 7) is 0. The van der Waals surface area contributed by atoms with Crippen LogP contribution in [-0.4, -0.2) is 5.91 Å². The lowest BCUT2D eigenvalue weighted by molar-refractivity contribution is 0.102. The van der Waals surface area contributed by atoms with E-state index in [1.54, 1.807) is 36.4 Å². The van der Waals surface area contributed by atoms with Crippen LogP contribution in [0.15, 0.2) is 40.9 Å². The molecule has 0 aliphatic rings. The molecule has 98 valence electrons. The number of halogens is 3. The van der Waals surface area contributed by atoms with Gasteiger partial charge in [0.15, 0.2) is 0 Å². The zero-order valence-electron chi connectivity index (χ0n) is 9.58. The Morgan fingerprint density at radius 1 is 1.21 bits per heavy atom. The smallest absolute Gasteiger partial charge is 0.257 e. The molecule has 0 aromatic heterocycles. The van der Waals surface area contributed by atoms with Gasteiger partial charge >= 0.3 is 0 Å². The van der Waals surface area contributed by atoms with E-state index in [1.807, 2.05) is 0 Å². The number of rotatable bonds is 2. The molecule has 6 heteroatoms. The Morgan fingerprint density at radius 3 is 2.68 bits per heavy atom. The van der Waals surface area contributed by atoms with Gasteiger partial charge < -0.3 is 11.1 Å². The second kappa shape index (κ2) is 5.82. The molecule has 3 nitrogen and oxygen atoms in total. The second-order valence-corrected chi connectivity index (χ2v) is 5.43. The van der Waals surface area contributed by atoms with Crippen molar-refractivity contribution in [2.24, 2.45) is 0 Å². The van der Waals surface area contributed by atoms with Crippen LogP contribution in [0.4, 0.5) is 11.4 Å². The van der Waals surface area contributed by atoms with Crippen LogP contribution >= 0.6 is 39.1 Å². The van der Waals surface area contributed by atoms with Gasteiger partial charge in [-0.05, 0) is 46.3 Å². The molecule has 1 amide bonds. The van der Waals surface area contributed by atoms with Crippen LogP contribution in [0.3, 0.4) is 0 Å². The number of nitrogens with one attached hydrogen (secondary N) is 1. The predicted molar refractivity (Wildman–Crippen MR) is 83.0 cm³/mol. The summed E-state index contributed by atoms with van der Waals surface area (Å²) in [6, 6.07) is 10.0. The highest BCUT2D eigenvalue weighted by Crippen LogP contribution is 2.28.